The number of hydrogen-bond donors (Lipinski definition) is 2. The molecule has 7 nitrogen and oxygen atoms in total. The number of aromatic hydroxyl groups is 1. The number of phenolic OH excluding ortho intramolecular Hbond substituents is 1. The Bertz CT molecular complexity index is 976. The number of Topliss-reactive ketones (excluding diaryl/α,β-unsaturated/α-hetero) is 1. The molecule has 0 fully saturated rings. The third-order valence-corrected chi connectivity index (χ3v) is 4.74. The highest BCUT2D eigenvalue weighted by Crippen LogP contribution is 2.35. The third-order valence-electron chi connectivity index (χ3n) is 4.50. The lowest BCUT2D eigenvalue weighted by Gasteiger charge is -2.32. The number of anilines is 2. The largest absolute Gasteiger partial charge is 0.506 e. The summed E-state index contributed by atoms with van der Waals surface area (Å²) in [7, 11) is 0. The Kier molecular flexibility index (Phi) is 6.08. The highest BCUT2D eigenvalue weighted by molar-refractivity contribution is 6.31. The predicted octanol–water partition coefficient (Wildman–Crippen LogP) is 3.78. The minimum absolute atomic E-state index is 0.0466. The molecule has 2 amide bonds. The van der Waals surface area contributed by atoms with Gasteiger partial charge >= 0.3 is 0 Å². The molecule has 3 rings (SSSR count). The van der Waals surface area contributed by atoms with Crippen molar-refractivity contribution >= 4 is 40.6 Å². The third kappa shape index (κ3) is 4.51. The van der Waals surface area contributed by atoms with E-state index in [9.17, 15) is 19.5 Å². The summed E-state index contributed by atoms with van der Waals surface area (Å²) in [4.78, 5) is 38.8. The molecule has 0 spiro atoms. The van der Waals surface area contributed by atoms with Crippen LogP contribution in [0.15, 0.2) is 36.4 Å². The number of ketones is 1. The summed E-state index contributed by atoms with van der Waals surface area (Å²) >= 11 is 5.90. The number of fused-ring (bicyclic) bond motifs is 1. The van der Waals surface area contributed by atoms with Gasteiger partial charge in [0, 0.05) is 17.0 Å². The van der Waals surface area contributed by atoms with Gasteiger partial charge in [-0.1, -0.05) is 18.5 Å². The quantitative estimate of drug-likeness (QED) is 0.551. The first-order valence-electron chi connectivity index (χ1n) is 9.23. The van der Waals surface area contributed by atoms with Gasteiger partial charge in [0.15, 0.2) is 11.9 Å². The molecular weight excluding hydrogens is 396 g/mol. The lowest BCUT2D eigenvalue weighted by molar-refractivity contribution is -0.127. The van der Waals surface area contributed by atoms with Crippen molar-refractivity contribution in [1.82, 2.24) is 0 Å². The molecular formula is C21H21ClN2O5. The topological polar surface area (TPSA) is 95.9 Å². The van der Waals surface area contributed by atoms with Crippen LogP contribution in [0.4, 0.5) is 11.4 Å². The van der Waals surface area contributed by atoms with Crippen molar-refractivity contribution in [2.45, 2.75) is 32.8 Å². The fourth-order valence-corrected chi connectivity index (χ4v) is 3.23. The molecule has 1 aliphatic rings. The summed E-state index contributed by atoms with van der Waals surface area (Å²) in [5.41, 5.74) is 0.957. The van der Waals surface area contributed by atoms with Crippen molar-refractivity contribution in [2.75, 3.05) is 16.8 Å². The monoisotopic (exact) mass is 416 g/mol. The molecule has 152 valence electrons. The Morgan fingerprint density at radius 2 is 2.00 bits per heavy atom. The number of hydrogen-bond acceptors (Lipinski definition) is 5. The fourth-order valence-electron chi connectivity index (χ4n) is 3.06. The first-order chi connectivity index (χ1) is 13.8. The molecule has 1 aliphatic heterocycles. The number of rotatable bonds is 6. The van der Waals surface area contributed by atoms with E-state index in [1.165, 1.54) is 23.1 Å². The Balaban J connectivity index is 1.87. The molecule has 0 saturated heterocycles. The van der Waals surface area contributed by atoms with Crippen LogP contribution in [-0.2, 0) is 9.59 Å². The van der Waals surface area contributed by atoms with Gasteiger partial charge in [-0.05, 0) is 49.7 Å². The smallest absolute Gasteiger partial charge is 0.268 e. The van der Waals surface area contributed by atoms with Crippen molar-refractivity contribution in [3.8, 4) is 11.5 Å². The summed E-state index contributed by atoms with van der Waals surface area (Å²) < 4.78 is 5.61. The first-order valence-corrected chi connectivity index (χ1v) is 9.61. The summed E-state index contributed by atoms with van der Waals surface area (Å²) in [6.07, 6.45) is 0.322. The van der Waals surface area contributed by atoms with E-state index >= 15 is 0 Å². The molecule has 1 atom stereocenters. The van der Waals surface area contributed by atoms with Gasteiger partial charge in [-0.2, -0.15) is 0 Å². The molecule has 0 aliphatic carbocycles. The van der Waals surface area contributed by atoms with Crippen LogP contribution < -0.4 is 15.0 Å². The van der Waals surface area contributed by atoms with E-state index in [1.807, 2.05) is 6.92 Å². The van der Waals surface area contributed by atoms with Crippen LogP contribution in [0.5, 0.6) is 11.5 Å². The fraction of sp³-hybridized carbons (Fsp3) is 0.286. The number of nitrogens with zero attached hydrogens (tertiary/aromatic N) is 1. The molecule has 1 heterocycles. The van der Waals surface area contributed by atoms with Crippen LogP contribution in [-0.4, -0.2) is 35.4 Å². The van der Waals surface area contributed by atoms with E-state index in [1.54, 1.807) is 25.1 Å². The second-order valence-electron chi connectivity index (χ2n) is 6.75. The van der Waals surface area contributed by atoms with Gasteiger partial charge in [0.1, 0.15) is 18.0 Å². The zero-order valence-corrected chi connectivity index (χ0v) is 16.8. The molecule has 0 radical (unpaired) electrons. The number of benzene rings is 2. The number of ether oxygens (including phenoxy) is 1. The predicted molar refractivity (Wildman–Crippen MR) is 110 cm³/mol. The number of halogens is 1. The van der Waals surface area contributed by atoms with Crippen LogP contribution in [0.2, 0.25) is 5.02 Å². The molecule has 0 aromatic heterocycles. The molecule has 2 aromatic carbocycles. The van der Waals surface area contributed by atoms with E-state index in [-0.39, 0.29) is 23.8 Å². The average molecular weight is 417 g/mol. The highest BCUT2D eigenvalue weighted by Gasteiger charge is 2.33. The summed E-state index contributed by atoms with van der Waals surface area (Å²) in [5.74, 6) is -0.695. The van der Waals surface area contributed by atoms with Gasteiger partial charge in [0.25, 0.3) is 5.91 Å². The first kappa shape index (κ1) is 20.7. The summed E-state index contributed by atoms with van der Waals surface area (Å²) in [6, 6.07) is 9.12. The zero-order chi connectivity index (χ0) is 21.1. The van der Waals surface area contributed by atoms with E-state index in [4.69, 9.17) is 16.3 Å². The maximum Gasteiger partial charge on any atom is 0.268 e. The molecule has 8 heteroatoms. The van der Waals surface area contributed by atoms with Crippen LogP contribution in [0.25, 0.3) is 0 Å². The Hall–Kier alpha value is -3.06. The maximum atomic E-state index is 12.7. The van der Waals surface area contributed by atoms with E-state index in [0.717, 1.165) is 0 Å². The van der Waals surface area contributed by atoms with Gasteiger partial charge in [-0.25, -0.2) is 0 Å². The lowest BCUT2D eigenvalue weighted by atomic mass is 10.0. The molecule has 2 aromatic rings. The van der Waals surface area contributed by atoms with Gasteiger partial charge in [-0.3, -0.25) is 19.3 Å². The Morgan fingerprint density at radius 1 is 1.24 bits per heavy atom. The van der Waals surface area contributed by atoms with Gasteiger partial charge in [-0.15, -0.1) is 0 Å². The molecule has 0 saturated carbocycles. The van der Waals surface area contributed by atoms with Crippen LogP contribution in [0.1, 0.15) is 37.0 Å². The van der Waals surface area contributed by atoms with Crippen molar-refractivity contribution in [1.29, 1.82) is 0 Å². The summed E-state index contributed by atoms with van der Waals surface area (Å²) in [5, 5.41) is 12.8. The minimum atomic E-state index is -0.771. The van der Waals surface area contributed by atoms with Crippen LogP contribution in [0, 0.1) is 0 Å². The van der Waals surface area contributed by atoms with Gasteiger partial charge in [0.05, 0.1) is 11.4 Å². The van der Waals surface area contributed by atoms with Crippen molar-refractivity contribution in [3.63, 3.8) is 0 Å². The number of phenols is 1. The van der Waals surface area contributed by atoms with E-state index in [0.29, 0.717) is 34.9 Å². The van der Waals surface area contributed by atoms with E-state index < -0.39 is 17.9 Å². The zero-order valence-electron chi connectivity index (χ0n) is 16.1. The second-order valence-corrected chi connectivity index (χ2v) is 7.19. The maximum absolute atomic E-state index is 12.7. The van der Waals surface area contributed by atoms with Crippen LogP contribution in [0.3, 0.4) is 0 Å². The van der Waals surface area contributed by atoms with Gasteiger partial charge in [0.2, 0.25) is 5.91 Å². The Labute approximate surface area is 173 Å². The average Bonchev–Trinajstić information content (AvgIpc) is 2.68. The summed E-state index contributed by atoms with van der Waals surface area (Å²) in [6.45, 7) is 3.19. The number of nitrogens with one attached hydrogen (secondary N) is 1. The van der Waals surface area contributed by atoms with Gasteiger partial charge < -0.3 is 15.2 Å². The standard InChI is InChI=1S/C21H21ClN2O5/c1-3-4-17(25)13-5-8-19-16(9-13)24(21(28)12(2)29-19)11-20(27)23-15-10-14(22)6-7-18(15)26/h5-10,12,26H,3-4,11H2,1-2H3,(H,23,27). The van der Waals surface area contributed by atoms with Crippen molar-refractivity contribution < 1.29 is 24.2 Å². The van der Waals surface area contributed by atoms with Crippen LogP contribution >= 0.6 is 11.6 Å². The highest BCUT2D eigenvalue weighted by atomic mass is 35.5. The Morgan fingerprint density at radius 3 is 2.72 bits per heavy atom. The normalized spacial score (nSPS) is 15.5. The number of carbonyl (C=O) groups excluding carboxylic acids is 3. The number of carbonyl (C=O) groups is 3. The molecule has 1 unspecified atom stereocenters. The minimum Gasteiger partial charge on any atom is -0.506 e. The molecule has 29 heavy (non-hydrogen) atoms. The number of amides is 2. The molecule has 2 N–H and O–H groups in total. The second kappa shape index (κ2) is 8.53. The SMILES string of the molecule is CCCC(=O)c1ccc2c(c1)N(CC(=O)Nc1cc(Cl)ccc1O)C(=O)C(C)O2. The van der Waals surface area contributed by atoms with Crippen molar-refractivity contribution in [3.05, 3.63) is 47.0 Å². The molecule has 0 bridgehead atoms. The van der Waals surface area contributed by atoms with E-state index in [2.05, 4.69) is 5.32 Å². The lowest BCUT2D eigenvalue weighted by Crippen LogP contribution is -2.47. The van der Waals surface area contributed by atoms with Crippen molar-refractivity contribution in [2.24, 2.45) is 0 Å².